The van der Waals surface area contributed by atoms with E-state index in [1.807, 2.05) is 26.2 Å². The Hall–Kier alpha value is -2.96. The predicted octanol–water partition coefficient (Wildman–Crippen LogP) is 2.58. The molecule has 0 aliphatic carbocycles. The van der Waals surface area contributed by atoms with Crippen LogP contribution in [-0.4, -0.2) is 30.2 Å². The van der Waals surface area contributed by atoms with Crippen molar-refractivity contribution in [3.8, 4) is 11.3 Å². The van der Waals surface area contributed by atoms with Crippen LogP contribution in [0.25, 0.3) is 11.3 Å². The van der Waals surface area contributed by atoms with E-state index >= 15 is 0 Å². The van der Waals surface area contributed by atoms with E-state index in [1.165, 1.54) is 0 Å². The van der Waals surface area contributed by atoms with Gasteiger partial charge in [0.05, 0.1) is 11.8 Å². The second-order valence-electron chi connectivity index (χ2n) is 6.38. The molecule has 0 fully saturated rings. The van der Waals surface area contributed by atoms with Gasteiger partial charge in [-0.05, 0) is 31.4 Å². The molecule has 7 heteroatoms. The van der Waals surface area contributed by atoms with Crippen molar-refractivity contribution >= 4 is 11.7 Å². The predicted molar refractivity (Wildman–Crippen MR) is 94.3 cm³/mol. The van der Waals surface area contributed by atoms with Gasteiger partial charge in [0.25, 0.3) is 5.91 Å². The summed E-state index contributed by atoms with van der Waals surface area (Å²) in [5, 5.41) is 7.30. The van der Waals surface area contributed by atoms with Crippen LogP contribution < -0.4 is 5.32 Å². The first-order valence-corrected chi connectivity index (χ1v) is 8.44. The van der Waals surface area contributed by atoms with E-state index in [2.05, 4.69) is 20.0 Å². The molecule has 0 atom stereocenters. The summed E-state index contributed by atoms with van der Waals surface area (Å²) in [7, 11) is 1.87. The van der Waals surface area contributed by atoms with Crippen molar-refractivity contribution in [3.05, 3.63) is 47.8 Å². The Balaban J connectivity index is 1.76. The zero-order valence-corrected chi connectivity index (χ0v) is 14.4. The van der Waals surface area contributed by atoms with Gasteiger partial charge in [0.15, 0.2) is 0 Å². The average Bonchev–Trinajstić information content (AvgIpc) is 3.19. The first-order valence-electron chi connectivity index (χ1n) is 8.44. The van der Waals surface area contributed by atoms with Crippen LogP contribution in [-0.2, 0) is 20.0 Å². The maximum atomic E-state index is 12.8. The molecule has 4 rings (SSSR count). The molecule has 0 unspecified atom stereocenters. The van der Waals surface area contributed by atoms with Gasteiger partial charge in [0.2, 0.25) is 0 Å². The molecule has 1 amide bonds. The molecule has 1 aliphatic rings. The molecule has 0 radical (unpaired) electrons. The second kappa shape index (κ2) is 6.16. The minimum absolute atomic E-state index is 0.163. The maximum Gasteiger partial charge on any atom is 0.258 e. The lowest BCUT2D eigenvalue weighted by Crippen LogP contribution is -2.19. The van der Waals surface area contributed by atoms with E-state index < -0.39 is 0 Å². The molecule has 4 heterocycles. The van der Waals surface area contributed by atoms with Crippen LogP contribution >= 0.6 is 0 Å². The van der Waals surface area contributed by atoms with Crippen LogP contribution in [0.5, 0.6) is 0 Å². The smallest absolute Gasteiger partial charge is 0.258 e. The van der Waals surface area contributed by atoms with Gasteiger partial charge in [0, 0.05) is 44.2 Å². The highest BCUT2D eigenvalue weighted by Gasteiger charge is 2.23. The van der Waals surface area contributed by atoms with Crippen LogP contribution in [0.4, 0.5) is 5.82 Å². The van der Waals surface area contributed by atoms with Gasteiger partial charge in [-0.25, -0.2) is 4.98 Å². The first-order chi connectivity index (χ1) is 12.1. The number of imidazole rings is 1. The summed E-state index contributed by atoms with van der Waals surface area (Å²) in [6.07, 6.45) is 10.1. The van der Waals surface area contributed by atoms with Gasteiger partial charge in [-0.1, -0.05) is 0 Å². The fourth-order valence-corrected chi connectivity index (χ4v) is 3.23. The quantitative estimate of drug-likeness (QED) is 0.797. The molecule has 7 nitrogen and oxygen atoms in total. The highest BCUT2D eigenvalue weighted by atomic mass is 16.1. The third-order valence-corrected chi connectivity index (χ3v) is 4.57. The summed E-state index contributed by atoms with van der Waals surface area (Å²) in [6.45, 7) is 2.77. The van der Waals surface area contributed by atoms with Gasteiger partial charge >= 0.3 is 0 Å². The lowest BCUT2D eigenvalue weighted by atomic mass is 10.1. The topological polar surface area (TPSA) is 77.6 Å². The molecular formula is C18H20N6O. The Kier molecular flexibility index (Phi) is 3.83. The Morgan fingerprint density at radius 3 is 2.92 bits per heavy atom. The molecule has 0 bridgehead atoms. The molecule has 0 saturated heterocycles. The van der Waals surface area contributed by atoms with Crippen LogP contribution in [0.3, 0.4) is 0 Å². The molecule has 1 N–H and O–H groups in total. The van der Waals surface area contributed by atoms with Crippen LogP contribution in [0.15, 0.2) is 30.9 Å². The molecule has 0 saturated carbocycles. The minimum Gasteiger partial charge on any atom is -0.314 e. The molecule has 128 valence electrons. The number of nitrogens with one attached hydrogen (secondary N) is 1. The van der Waals surface area contributed by atoms with Crippen LogP contribution in [0, 0.1) is 6.92 Å². The summed E-state index contributed by atoms with van der Waals surface area (Å²) in [6, 6.07) is 1.84. The van der Waals surface area contributed by atoms with Crippen molar-refractivity contribution in [2.75, 3.05) is 5.32 Å². The first kappa shape index (κ1) is 15.6. The number of hydrogen-bond donors (Lipinski definition) is 1. The number of aromatic nitrogens is 5. The summed E-state index contributed by atoms with van der Waals surface area (Å²) < 4.78 is 3.86. The van der Waals surface area contributed by atoms with Crippen molar-refractivity contribution in [3.63, 3.8) is 0 Å². The standard InChI is InChI=1S/C18H20N6O/c1-12-6-7-19-10-14(12)18(25)22-17-16(13-9-20-23(2)11-13)21-15-5-3-4-8-24(15)17/h6-7,9-11H,3-5,8H2,1-2H3,(H,22,25). The third-order valence-electron chi connectivity index (χ3n) is 4.57. The monoisotopic (exact) mass is 336 g/mol. The van der Waals surface area contributed by atoms with Gasteiger partial charge in [-0.3, -0.25) is 14.5 Å². The lowest BCUT2D eigenvalue weighted by molar-refractivity contribution is 0.102. The Bertz CT molecular complexity index is 939. The number of nitrogens with zero attached hydrogens (tertiary/aromatic N) is 5. The number of aryl methyl sites for hydroxylation is 3. The molecule has 25 heavy (non-hydrogen) atoms. The summed E-state index contributed by atoms with van der Waals surface area (Å²) >= 11 is 0. The molecular weight excluding hydrogens is 316 g/mol. The van der Waals surface area contributed by atoms with Gasteiger partial charge in [0.1, 0.15) is 17.3 Å². The van der Waals surface area contributed by atoms with E-state index in [-0.39, 0.29) is 5.91 Å². The third kappa shape index (κ3) is 2.82. The largest absolute Gasteiger partial charge is 0.314 e. The van der Waals surface area contributed by atoms with Crippen molar-refractivity contribution in [2.24, 2.45) is 7.05 Å². The van der Waals surface area contributed by atoms with Crippen molar-refractivity contribution in [2.45, 2.75) is 32.7 Å². The molecule has 0 aromatic carbocycles. The Morgan fingerprint density at radius 1 is 1.28 bits per heavy atom. The lowest BCUT2D eigenvalue weighted by Gasteiger charge is -2.17. The average molecular weight is 336 g/mol. The normalized spacial score (nSPS) is 13.5. The van der Waals surface area contributed by atoms with Crippen molar-refractivity contribution in [1.82, 2.24) is 24.3 Å². The Morgan fingerprint density at radius 2 is 2.16 bits per heavy atom. The Labute approximate surface area is 145 Å². The van der Waals surface area contributed by atoms with E-state index in [0.717, 1.165) is 54.3 Å². The number of amides is 1. The van der Waals surface area contributed by atoms with Gasteiger partial charge in [-0.15, -0.1) is 0 Å². The van der Waals surface area contributed by atoms with Gasteiger partial charge < -0.3 is 9.88 Å². The van der Waals surface area contributed by atoms with Crippen LogP contribution in [0.1, 0.15) is 34.6 Å². The summed E-state index contributed by atoms with van der Waals surface area (Å²) in [5.41, 5.74) is 3.15. The number of pyridine rings is 1. The fraction of sp³-hybridized carbons (Fsp3) is 0.333. The fourth-order valence-electron chi connectivity index (χ4n) is 3.23. The molecule has 0 spiro atoms. The van der Waals surface area contributed by atoms with E-state index in [0.29, 0.717) is 5.56 Å². The maximum absolute atomic E-state index is 12.8. The van der Waals surface area contributed by atoms with Crippen molar-refractivity contribution in [1.29, 1.82) is 0 Å². The van der Waals surface area contributed by atoms with E-state index in [4.69, 9.17) is 4.98 Å². The highest BCUT2D eigenvalue weighted by Crippen LogP contribution is 2.32. The number of fused-ring (bicyclic) bond motifs is 1. The van der Waals surface area contributed by atoms with E-state index in [1.54, 1.807) is 23.3 Å². The SMILES string of the molecule is Cc1ccncc1C(=O)Nc1c(-c2cnn(C)c2)nc2n1CCCC2. The zero-order chi connectivity index (χ0) is 17.4. The molecule has 1 aliphatic heterocycles. The number of carbonyl (C=O) groups excluding carboxylic acids is 1. The summed E-state index contributed by atoms with van der Waals surface area (Å²) in [4.78, 5) is 21.6. The number of carbonyl (C=O) groups is 1. The van der Waals surface area contributed by atoms with Crippen LogP contribution in [0.2, 0.25) is 0 Å². The number of rotatable bonds is 3. The zero-order valence-electron chi connectivity index (χ0n) is 14.4. The highest BCUT2D eigenvalue weighted by molar-refractivity contribution is 6.06. The molecule has 3 aromatic rings. The number of anilines is 1. The molecule has 3 aromatic heterocycles. The van der Waals surface area contributed by atoms with Gasteiger partial charge in [-0.2, -0.15) is 5.10 Å². The van der Waals surface area contributed by atoms with Crippen molar-refractivity contribution < 1.29 is 4.79 Å². The second-order valence-corrected chi connectivity index (χ2v) is 6.38. The van der Waals surface area contributed by atoms with E-state index in [9.17, 15) is 4.79 Å². The number of hydrogen-bond acceptors (Lipinski definition) is 4. The minimum atomic E-state index is -0.163. The summed E-state index contributed by atoms with van der Waals surface area (Å²) in [5.74, 6) is 1.60.